The number of H-pyrrole nitrogens is 1. The summed E-state index contributed by atoms with van der Waals surface area (Å²) in [7, 11) is -3.54. The van der Waals surface area contributed by atoms with E-state index in [4.69, 9.17) is 19.5 Å². The number of fused-ring (bicyclic) bond motifs is 1. The van der Waals surface area contributed by atoms with E-state index in [1.165, 1.54) is 36.8 Å². The fourth-order valence-electron chi connectivity index (χ4n) is 4.64. The maximum absolute atomic E-state index is 13.6. The highest BCUT2D eigenvalue weighted by Crippen LogP contribution is 2.36. The van der Waals surface area contributed by atoms with Gasteiger partial charge in [0, 0.05) is 15.9 Å². The highest BCUT2D eigenvalue weighted by atomic mass is 32.2. The topological polar surface area (TPSA) is 264 Å². The number of nitrogens with two attached hydrogens (primary N) is 1. The molecule has 1 aromatic carbocycles. The average Bonchev–Trinajstić information content (AvgIpc) is 3.49. The fraction of sp³-hybridized carbons (Fsp3) is 0.222. The van der Waals surface area contributed by atoms with Crippen LogP contribution in [0.1, 0.15) is 17.1 Å². The van der Waals surface area contributed by atoms with Crippen molar-refractivity contribution in [2.24, 2.45) is 5.16 Å². The third kappa shape index (κ3) is 6.92. The number of anilines is 1. The first kappa shape index (κ1) is 34.9. The first-order valence-electron chi connectivity index (χ1n) is 13.7. The van der Waals surface area contributed by atoms with E-state index in [0.717, 1.165) is 27.9 Å². The second-order valence-corrected chi connectivity index (χ2v) is 13.0. The summed E-state index contributed by atoms with van der Waals surface area (Å²) < 4.78 is 37.5. The molecule has 2 aliphatic rings. The molecule has 4 heterocycles. The number of nitrogen functional groups attached to an aromatic ring is 1. The number of aromatic nitrogens is 4. The highest BCUT2D eigenvalue weighted by Gasteiger charge is 2.55. The number of carbonyl (C=O) groups is 4. The van der Waals surface area contributed by atoms with E-state index in [2.05, 4.69) is 33.2 Å². The molecule has 0 radical (unpaired) electrons. The Morgan fingerprint density at radius 1 is 1.27 bits per heavy atom. The fourth-order valence-corrected chi connectivity index (χ4v) is 6.35. The minimum absolute atomic E-state index is 0.0539. The molecular formula is C27H24N8O11S3. The molecule has 2 aromatic heterocycles. The number of hydrogen-bond acceptors (Lipinski definition) is 17. The number of ether oxygens (including phenoxy) is 1. The van der Waals surface area contributed by atoms with E-state index < -0.39 is 70.1 Å². The number of oxime groups is 1. The van der Waals surface area contributed by atoms with Crippen LogP contribution in [0.4, 0.5) is 5.13 Å². The average molecular weight is 733 g/mol. The molecule has 0 bridgehead atoms. The molecule has 2 aliphatic heterocycles. The van der Waals surface area contributed by atoms with Crippen LogP contribution >= 0.6 is 24.0 Å². The van der Waals surface area contributed by atoms with Gasteiger partial charge in [0.05, 0.1) is 13.2 Å². The summed E-state index contributed by atoms with van der Waals surface area (Å²) in [5.41, 5.74) is 3.07. The molecule has 2 unspecified atom stereocenters. The summed E-state index contributed by atoms with van der Waals surface area (Å²) >= 11 is 5.33. The van der Waals surface area contributed by atoms with Gasteiger partial charge in [-0.15, -0.1) is 24.0 Å². The van der Waals surface area contributed by atoms with Gasteiger partial charge >= 0.3 is 27.2 Å². The largest absolute Gasteiger partial charge is 0.398 e. The van der Waals surface area contributed by atoms with Crippen LogP contribution in [0.25, 0.3) is 4.91 Å². The number of carbonyl (C=O) groups excluding carboxylic acids is 4. The van der Waals surface area contributed by atoms with Crippen molar-refractivity contribution in [2.45, 2.75) is 30.6 Å². The molecule has 2 amide bonds. The Balaban J connectivity index is 1.53. The van der Waals surface area contributed by atoms with Gasteiger partial charge in [0.25, 0.3) is 11.8 Å². The number of aldehydes is 1. The maximum atomic E-state index is 13.6. The highest BCUT2D eigenvalue weighted by molar-refractivity contribution is 7.90. The molecular weight excluding hydrogens is 709 g/mol. The smallest absolute Gasteiger partial charge is 0.371 e. The van der Waals surface area contributed by atoms with Crippen molar-refractivity contribution in [1.29, 1.82) is 0 Å². The number of hydrogen-bond donors (Lipinski definition) is 4. The lowest BCUT2D eigenvalue weighted by Gasteiger charge is -2.49. The van der Waals surface area contributed by atoms with Gasteiger partial charge in [0.1, 0.15) is 29.7 Å². The van der Waals surface area contributed by atoms with E-state index >= 15 is 0 Å². The number of benzene rings is 1. The Labute approximate surface area is 284 Å². The molecule has 3 aromatic rings. The van der Waals surface area contributed by atoms with Gasteiger partial charge in [0.15, 0.2) is 28.9 Å². The Morgan fingerprint density at radius 3 is 2.61 bits per heavy atom. The second-order valence-electron chi connectivity index (χ2n) is 10.1. The van der Waals surface area contributed by atoms with Crippen molar-refractivity contribution < 1.29 is 41.4 Å². The van der Waals surface area contributed by atoms with Gasteiger partial charge in [-0.1, -0.05) is 22.9 Å². The van der Waals surface area contributed by atoms with Gasteiger partial charge in [-0.05, 0) is 25.1 Å². The number of amides is 2. The summed E-state index contributed by atoms with van der Waals surface area (Å²) in [5, 5.41) is 13.4. The minimum Gasteiger partial charge on any atom is -0.398 e. The minimum atomic E-state index is -4.72. The summed E-state index contributed by atoms with van der Waals surface area (Å²) in [6, 6.07) is 4.00. The first-order chi connectivity index (χ1) is 23.3. The third-order valence-electron chi connectivity index (χ3n) is 6.89. The predicted octanol–water partition coefficient (Wildman–Crippen LogP) is -1.33. The molecule has 1 fully saturated rings. The molecule has 1 saturated heterocycles. The lowest BCUT2D eigenvalue weighted by atomic mass is 9.98. The number of thiol groups is 1. The van der Waals surface area contributed by atoms with Crippen LogP contribution in [0.3, 0.4) is 0 Å². The van der Waals surface area contributed by atoms with E-state index in [0.29, 0.717) is 10.9 Å². The van der Waals surface area contributed by atoms with Gasteiger partial charge in [0.2, 0.25) is 0 Å². The zero-order chi connectivity index (χ0) is 35.6. The number of thiazole rings is 1. The van der Waals surface area contributed by atoms with Crippen molar-refractivity contribution in [3.63, 3.8) is 0 Å². The van der Waals surface area contributed by atoms with Crippen molar-refractivity contribution in [2.75, 3.05) is 19.5 Å². The van der Waals surface area contributed by atoms with E-state index in [-0.39, 0.29) is 37.7 Å². The summed E-state index contributed by atoms with van der Waals surface area (Å²) in [4.78, 5) is 84.6. The van der Waals surface area contributed by atoms with Crippen LogP contribution in [-0.4, -0.2) is 88.8 Å². The molecule has 0 saturated carbocycles. The summed E-state index contributed by atoms with van der Waals surface area (Å²) in [5.74, 6) is -3.65. The molecule has 5 rings (SSSR count). The van der Waals surface area contributed by atoms with Crippen LogP contribution in [0, 0.1) is 6.92 Å². The third-order valence-corrected chi connectivity index (χ3v) is 9.11. The number of β-lactam (4-membered cyclic amide) rings is 1. The van der Waals surface area contributed by atoms with E-state index in [1.807, 2.05) is 5.10 Å². The van der Waals surface area contributed by atoms with Gasteiger partial charge in [-0.3, -0.25) is 28.6 Å². The van der Waals surface area contributed by atoms with E-state index in [1.54, 1.807) is 6.92 Å². The standard InChI is InChI=1S/C27H24N8O11S3/c1-12-3-5-14(6-4-12)49(42,43)46-26(41)19-13(9-16(47)20-31-32-22(38)24(40)34(20)7-8-36)10-45-25-18(23(39)35(19)25)30-21(37)17(33-44-2)15-11-48-27(28)29-15/h3-6,8-9,11,18,25,47H,7,10H2,1-2H3,(H2,28,29)(H,30,37)(H,32,38). The molecule has 0 aliphatic carbocycles. The van der Waals surface area contributed by atoms with Crippen molar-refractivity contribution in [1.82, 2.24) is 30.0 Å². The van der Waals surface area contributed by atoms with Crippen molar-refractivity contribution in [3.05, 3.63) is 84.8 Å². The molecule has 4 N–H and O–H groups in total. The molecule has 49 heavy (non-hydrogen) atoms. The number of nitrogens with zero attached hydrogens (tertiary/aromatic N) is 5. The zero-order valence-corrected chi connectivity index (χ0v) is 27.7. The Hall–Kier alpha value is -5.45. The quantitative estimate of drug-likeness (QED) is 0.0339. The molecule has 256 valence electrons. The Kier molecular flexibility index (Phi) is 9.93. The lowest BCUT2D eigenvalue weighted by Crippen LogP contribution is -2.73. The van der Waals surface area contributed by atoms with Crippen molar-refractivity contribution >= 4 is 73.9 Å². The van der Waals surface area contributed by atoms with E-state index in [9.17, 15) is 37.2 Å². The number of aryl methyl sites for hydroxylation is 1. The van der Waals surface area contributed by atoms with Crippen molar-refractivity contribution in [3.8, 4) is 0 Å². The first-order valence-corrected chi connectivity index (χ1v) is 16.4. The van der Waals surface area contributed by atoms with Crippen LogP contribution in [0.5, 0.6) is 0 Å². The maximum Gasteiger partial charge on any atom is 0.371 e. The van der Waals surface area contributed by atoms with Gasteiger partial charge in [-0.25, -0.2) is 14.9 Å². The summed E-state index contributed by atoms with van der Waals surface area (Å²) in [6.45, 7) is 0.636. The molecule has 22 heteroatoms. The Morgan fingerprint density at radius 2 is 1.98 bits per heavy atom. The predicted molar refractivity (Wildman–Crippen MR) is 172 cm³/mol. The van der Waals surface area contributed by atoms with Crippen LogP contribution < -0.4 is 22.2 Å². The number of nitrogens with one attached hydrogen (secondary N) is 2. The van der Waals surface area contributed by atoms with Crippen LogP contribution in [-0.2, 0) is 49.6 Å². The van der Waals surface area contributed by atoms with Gasteiger partial charge in [-0.2, -0.15) is 13.5 Å². The van der Waals surface area contributed by atoms with Gasteiger partial charge < -0.3 is 29.6 Å². The van der Waals surface area contributed by atoms with Crippen LogP contribution in [0.15, 0.2) is 66.6 Å². The van der Waals surface area contributed by atoms with Crippen LogP contribution in [0.2, 0.25) is 0 Å². The monoisotopic (exact) mass is 732 g/mol. The zero-order valence-electron chi connectivity index (χ0n) is 25.2. The second kappa shape index (κ2) is 14.0. The Bertz CT molecular complexity index is 2190. The summed E-state index contributed by atoms with van der Waals surface area (Å²) in [6.07, 6.45) is 0.0919. The number of rotatable bonds is 11. The molecule has 0 spiro atoms. The molecule has 2 atom stereocenters. The number of aromatic amines is 1. The SMILES string of the molecule is CON=C(C(=O)NC1C(=O)N2C(C(=O)OS(=O)(=O)c3ccc(C)cc3)=C(C=C(S)c3n[nH]c(=O)c(=O)n3CC=O)COC12)c1csc(N)n1. The normalized spacial score (nSPS) is 18.0. The molecule has 19 nitrogen and oxygen atoms in total. The lowest BCUT2D eigenvalue weighted by molar-refractivity contribution is -0.183.